The van der Waals surface area contributed by atoms with Gasteiger partial charge in [-0.25, -0.2) is 15.0 Å². The summed E-state index contributed by atoms with van der Waals surface area (Å²) in [5.74, 6) is 0.708. The van der Waals surface area contributed by atoms with E-state index < -0.39 is 0 Å². The lowest BCUT2D eigenvalue weighted by molar-refractivity contribution is 0.566. The van der Waals surface area contributed by atoms with E-state index in [1.807, 2.05) is 42.7 Å². The number of anilines is 1. The molecule has 10 rings (SSSR count). The van der Waals surface area contributed by atoms with E-state index in [0.29, 0.717) is 5.82 Å². The van der Waals surface area contributed by atoms with Crippen molar-refractivity contribution >= 4 is 28.4 Å². The monoisotopic (exact) mass is 718 g/mol. The third-order valence-electron chi connectivity index (χ3n) is 11.2. The molecule has 4 heteroatoms. The Hall–Kier alpha value is -7.17. The molecule has 266 valence electrons. The Labute approximate surface area is 327 Å². The summed E-state index contributed by atoms with van der Waals surface area (Å²) < 4.78 is 0. The van der Waals surface area contributed by atoms with Crippen molar-refractivity contribution in [2.24, 2.45) is 4.99 Å². The van der Waals surface area contributed by atoms with Crippen molar-refractivity contribution in [1.29, 1.82) is 0 Å². The number of nitrogens with zero attached hydrogens (tertiary/aromatic N) is 4. The second kappa shape index (κ2) is 13.9. The summed E-state index contributed by atoms with van der Waals surface area (Å²) in [5.41, 5.74) is 14.1. The van der Waals surface area contributed by atoms with Gasteiger partial charge in [-0.3, -0.25) is 0 Å². The molecule has 0 amide bonds. The summed E-state index contributed by atoms with van der Waals surface area (Å²) in [6.07, 6.45) is 7.47. The molecule has 0 saturated carbocycles. The van der Waals surface area contributed by atoms with E-state index in [-0.39, 0.29) is 5.54 Å². The van der Waals surface area contributed by atoms with Gasteiger partial charge >= 0.3 is 0 Å². The van der Waals surface area contributed by atoms with Crippen molar-refractivity contribution in [2.45, 2.75) is 18.9 Å². The Balaban J connectivity index is 0.931. The fourth-order valence-corrected chi connectivity index (χ4v) is 8.01. The van der Waals surface area contributed by atoms with E-state index in [0.717, 1.165) is 51.4 Å². The standard InChI is InChI=1S/C52H38N4/c1-52-31-30-44(33-50(52)53-35-56(52)45-17-9-4-10-18-45)37-22-20-36(21-23-37)43-29-26-38-16-11-19-46(47(38)32-43)39-24-27-42(28-25-39)51-54-48(40-12-5-2-6-13-40)34-49(55-51)41-14-7-3-8-15-41/h2-30,32-35H,31H2,1H3. The van der Waals surface area contributed by atoms with Crippen LogP contribution in [0.15, 0.2) is 205 Å². The highest BCUT2D eigenvalue weighted by Crippen LogP contribution is 2.42. The topological polar surface area (TPSA) is 41.4 Å². The molecule has 7 aromatic carbocycles. The van der Waals surface area contributed by atoms with Gasteiger partial charge in [0.1, 0.15) is 0 Å². The molecule has 0 radical (unpaired) electrons. The minimum absolute atomic E-state index is 0.180. The van der Waals surface area contributed by atoms with E-state index >= 15 is 0 Å². The zero-order valence-corrected chi connectivity index (χ0v) is 31.0. The van der Waals surface area contributed by atoms with Crippen molar-refractivity contribution < 1.29 is 0 Å². The average molecular weight is 719 g/mol. The molecule has 1 aromatic heterocycles. The van der Waals surface area contributed by atoms with Crippen LogP contribution >= 0.6 is 0 Å². The second-order valence-corrected chi connectivity index (χ2v) is 14.7. The highest BCUT2D eigenvalue weighted by molar-refractivity contribution is 5.99. The lowest BCUT2D eigenvalue weighted by Crippen LogP contribution is -2.43. The van der Waals surface area contributed by atoms with Crippen LogP contribution in [0.2, 0.25) is 0 Å². The van der Waals surface area contributed by atoms with Crippen molar-refractivity contribution in [2.75, 3.05) is 4.90 Å². The number of hydrogen-bond donors (Lipinski definition) is 0. The van der Waals surface area contributed by atoms with Gasteiger partial charge in [-0.1, -0.05) is 164 Å². The van der Waals surface area contributed by atoms with Gasteiger partial charge in [0.2, 0.25) is 0 Å². The minimum Gasteiger partial charge on any atom is -0.321 e. The van der Waals surface area contributed by atoms with Gasteiger partial charge in [-0.05, 0) is 87.8 Å². The van der Waals surface area contributed by atoms with Gasteiger partial charge < -0.3 is 4.90 Å². The van der Waals surface area contributed by atoms with Gasteiger partial charge in [0.25, 0.3) is 0 Å². The summed E-state index contributed by atoms with van der Waals surface area (Å²) in [6, 6.07) is 64.2. The van der Waals surface area contributed by atoms with E-state index in [1.165, 1.54) is 38.6 Å². The van der Waals surface area contributed by atoms with Gasteiger partial charge in [-0.15, -0.1) is 0 Å². The molecule has 2 aliphatic rings. The molecule has 1 aliphatic heterocycles. The smallest absolute Gasteiger partial charge is 0.160 e. The van der Waals surface area contributed by atoms with Crippen LogP contribution in [-0.2, 0) is 0 Å². The molecular formula is C52H38N4. The molecule has 1 atom stereocenters. The van der Waals surface area contributed by atoms with Crippen molar-refractivity contribution in [3.05, 3.63) is 205 Å². The summed E-state index contributed by atoms with van der Waals surface area (Å²) in [6.45, 7) is 2.28. The number of aromatic nitrogens is 2. The molecule has 0 N–H and O–H groups in total. The van der Waals surface area contributed by atoms with Gasteiger partial charge in [-0.2, -0.15) is 0 Å². The van der Waals surface area contributed by atoms with Crippen LogP contribution in [0.5, 0.6) is 0 Å². The molecule has 1 unspecified atom stereocenters. The van der Waals surface area contributed by atoms with Crippen LogP contribution in [0.4, 0.5) is 5.69 Å². The van der Waals surface area contributed by atoms with E-state index in [2.05, 4.69) is 170 Å². The zero-order chi connectivity index (χ0) is 37.5. The number of para-hydroxylation sites is 1. The van der Waals surface area contributed by atoms with E-state index in [1.54, 1.807) is 0 Å². The molecule has 0 fully saturated rings. The molecule has 2 heterocycles. The van der Waals surface area contributed by atoms with Crippen LogP contribution in [0.3, 0.4) is 0 Å². The van der Waals surface area contributed by atoms with E-state index in [9.17, 15) is 0 Å². The molecule has 0 spiro atoms. The Morgan fingerprint density at radius 2 is 1.09 bits per heavy atom. The third kappa shape index (κ3) is 6.11. The van der Waals surface area contributed by atoms with Crippen LogP contribution in [0, 0.1) is 0 Å². The predicted molar refractivity (Wildman–Crippen MR) is 233 cm³/mol. The Morgan fingerprint density at radius 3 is 1.77 bits per heavy atom. The molecule has 4 nitrogen and oxygen atoms in total. The zero-order valence-electron chi connectivity index (χ0n) is 31.0. The maximum Gasteiger partial charge on any atom is 0.160 e. The third-order valence-corrected chi connectivity index (χ3v) is 11.2. The van der Waals surface area contributed by atoms with Crippen LogP contribution < -0.4 is 4.90 Å². The fraction of sp³-hybridized carbons (Fsp3) is 0.0577. The number of rotatable bonds is 7. The molecular weight excluding hydrogens is 681 g/mol. The highest BCUT2D eigenvalue weighted by Gasteiger charge is 2.40. The van der Waals surface area contributed by atoms with Crippen LogP contribution in [-0.4, -0.2) is 21.8 Å². The number of benzene rings is 7. The highest BCUT2D eigenvalue weighted by atomic mass is 15.3. The number of aliphatic imine (C=N–C) groups is 1. The first-order valence-electron chi connectivity index (χ1n) is 19.1. The largest absolute Gasteiger partial charge is 0.321 e. The summed E-state index contributed by atoms with van der Waals surface area (Å²) >= 11 is 0. The maximum atomic E-state index is 5.04. The Bertz CT molecular complexity index is 2750. The number of fused-ring (bicyclic) bond motifs is 2. The molecule has 0 bridgehead atoms. The first kappa shape index (κ1) is 33.4. The lowest BCUT2D eigenvalue weighted by atomic mass is 9.84. The first-order chi connectivity index (χ1) is 27.6. The summed E-state index contributed by atoms with van der Waals surface area (Å²) in [4.78, 5) is 17.2. The summed E-state index contributed by atoms with van der Waals surface area (Å²) in [7, 11) is 0. The average Bonchev–Trinajstić information content (AvgIpc) is 3.63. The van der Waals surface area contributed by atoms with Gasteiger partial charge in [0.15, 0.2) is 5.82 Å². The Kier molecular flexibility index (Phi) is 8.30. The second-order valence-electron chi connectivity index (χ2n) is 14.7. The van der Waals surface area contributed by atoms with E-state index in [4.69, 9.17) is 15.0 Å². The quantitative estimate of drug-likeness (QED) is 0.165. The number of hydrogen-bond acceptors (Lipinski definition) is 4. The first-order valence-corrected chi connectivity index (χ1v) is 19.1. The normalized spacial score (nSPS) is 16.1. The maximum absolute atomic E-state index is 5.04. The fourth-order valence-electron chi connectivity index (χ4n) is 8.01. The number of allylic oxidation sites excluding steroid dienone is 2. The minimum atomic E-state index is -0.180. The van der Waals surface area contributed by atoms with Crippen LogP contribution in [0.1, 0.15) is 18.9 Å². The molecule has 8 aromatic rings. The molecule has 0 saturated heterocycles. The SMILES string of the molecule is CC12CC=C(c3ccc(-c4ccc5cccc(-c6ccc(-c7nc(-c8ccccc8)cc(-c8ccccc8)n7)cc6)c5c4)cc3)C=C1N=CN2c1ccccc1. The van der Waals surface area contributed by atoms with Crippen molar-refractivity contribution in [3.63, 3.8) is 0 Å². The van der Waals surface area contributed by atoms with Gasteiger partial charge in [0.05, 0.1) is 29.0 Å². The van der Waals surface area contributed by atoms with Crippen molar-refractivity contribution in [3.8, 4) is 56.2 Å². The van der Waals surface area contributed by atoms with Crippen LogP contribution in [0.25, 0.3) is 72.5 Å². The van der Waals surface area contributed by atoms with Crippen molar-refractivity contribution in [1.82, 2.24) is 9.97 Å². The Morgan fingerprint density at radius 1 is 0.500 bits per heavy atom. The molecule has 1 aliphatic carbocycles. The predicted octanol–water partition coefficient (Wildman–Crippen LogP) is 12.9. The van der Waals surface area contributed by atoms with Gasteiger partial charge in [0, 0.05) is 22.4 Å². The molecule has 56 heavy (non-hydrogen) atoms. The lowest BCUT2D eigenvalue weighted by Gasteiger charge is -2.37. The summed E-state index contributed by atoms with van der Waals surface area (Å²) in [5, 5.41) is 2.43.